The van der Waals surface area contributed by atoms with Gasteiger partial charge < -0.3 is 10.6 Å². The van der Waals surface area contributed by atoms with Crippen LogP contribution in [0.4, 0.5) is 5.69 Å². The minimum Gasteiger partial charge on any atom is -0.347 e. The van der Waals surface area contributed by atoms with Crippen LogP contribution in [0.1, 0.15) is 44.5 Å². The maximum Gasteiger partial charge on any atom is 0.251 e. The van der Waals surface area contributed by atoms with Crippen LogP contribution in [0, 0.1) is 5.41 Å². The van der Waals surface area contributed by atoms with E-state index in [9.17, 15) is 9.59 Å². The summed E-state index contributed by atoms with van der Waals surface area (Å²) in [5.74, 6) is -0.371. The topological polar surface area (TPSA) is 58.2 Å². The Bertz CT molecular complexity index is 606. The lowest BCUT2D eigenvalue weighted by molar-refractivity contribution is -0.120. The highest BCUT2D eigenvalue weighted by Gasteiger charge is 2.67. The van der Waals surface area contributed by atoms with Crippen LogP contribution in [0.2, 0.25) is 0 Å². The second-order valence-corrected chi connectivity index (χ2v) is 8.43. The molecule has 0 spiro atoms. The van der Waals surface area contributed by atoms with E-state index < -0.39 is 9.75 Å². The molecule has 1 aliphatic rings. The maximum atomic E-state index is 12.2. The van der Waals surface area contributed by atoms with Crippen molar-refractivity contribution in [3.05, 3.63) is 29.8 Å². The van der Waals surface area contributed by atoms with Crippen molar-refractivity contribution in [2.75, 3.05) is 5.32 Å². The molecule has 0 bridgehead atoms. The first kappa shape index (κ1) is 17.1. The Morgan fingerprint density at radius 2 is 1.64 bits per heavy atom. The van der Waals surface area contributed by atoms with Gasteiger partial charge in [-0.05, 0) is 58.4 Å². The molecule has 0 radical (unpaired) electrons. The van der Waals surface area contributed by atoms with Gasteiger partial charge in [-0.3, -0.25) is 9.59 Å². The van der Waals surface area contributed by atoms with Gasteiger partial charge in [-0.1, -0.05) is 0 Å². The smallest absolute Gasteiger partial charge is 0.251 e. The number of carbonyl (C=O) groups is 2. The van der Waals surface area contributed by atoms with E-state index in [2.05, 4.69) is 10.6 Å². The minimum absolute atomic E-state index is 0.153. The lowest BCUT2D eigenvalue weighted by atomic mass is 10.1. The third kappa shape index (κ3) is 3.55. The van der Waals surface area contributed by atoms with Gasteiger partial charge in [0.05, 0.1) is 5.41 Å². The molecule has 1 aliphatic carbocycles. The van der Waals surface area contributed by atoms with Crippen molar-refractivity contribution in [2.24, 2.45) is 5.41 Å². The van der Waals surface area contributed by atoms with E-state index in [0.29, 0.717) is 17.7 Å². The van der Waals surface area contributed by atoms with Gasteiger partial charge in [-0.15, -0.1) is 23.2 Å². The summed E-state index contributed by atoms with van der Waals surface area (Å²) in [6, 6.07) is 6.71. The number of hydrogen-bond donors (Lipinski definition) is 2. The Hall–Kier alpha value is -1.26. The van der Waals surface area contributed by atoms with Gasteiger partial charge in [-0.2, -0.15) is 0 Å². The fraction of sp³-hybridized carbons (Fsp3) is 0.500. The lowest BCUT2D eigenvalue weighted by Gasteiger charge is -2.20. The highest BCUT2D eigenvalue weighted by atomic mass is 35.5. The molecule has 1 aromatic rings. The van der Waals surface area contributed by atoms with Crippen LogP contribution in [-0.4, -0.2) is 21.7 Å². The average molecular weight is 343 g/mol. The molecule has 4 nitrogen and oxygen atoms in total. The van der Waals surface area contributed by atoms with Gasteiger partial charge in [0, 0.05) is 16.8 Å². The predicted molar refractivity (Wildman–Crippen MR) is 89.5 cm³/mol. The first-order valence-electron chi connectivity index (χ1n) is 7.06. The normalized spacial score (nSPS) is 22.8. The molecule has 120 valence electrons. The molecule has 0 aliphatic heterocycles. The number of nitrogens with one attached hydrogen (secondary N) is 2. The molecular formula is C16H20Cl2N2O2. The minimum atomic E-state index is -0.996. The first-order valence-corrected chi connectivity index (χ1v) is 7.82. The predicted octanol–water partition coefficient (Wildman–Crippen LogP) is 3.74. The Morgan fingerprint density at radius 3 is 2.05 bits per heavy atom. The monoisotopic (exact) mass is 342 g/mol. The van der Waals surface area contributed by atoms with Gasteiger partial charge in [0.2, 0.25) is 5.91 Å². The van der Waals surface area contributed by atoms with Crippen molar-refractivity contribution in [1.82, 2.24) is 5.32 Å². The highest BCUT2D eigenvalue weighted by molar-refractivity contribution is 6.53. The van der Waals surface area contributed by atoms with Crippen molar-refractivity contribution in [3.63, 3.8) is 0 Å². The summed E-state index contributed by atoms with van der Waals surface area (Å²) in [5, 5.41) is 5.65. The molecule has 6 heteroatoms. The zero-order chi connectivity index (χ0) is 16.8. The zero-order valence-electron chi connectivity index (χ0n) is 13.1. The van der Waals surface area contributed by atoms with Gasteiger partial charge in [0.1, 0.15) is 4.33 Å². The van der Waals surface area contributed by atoms with Crippen LogP contribution in [0.3, 0.4) is 0 Å². The van der Waals surface area contributed by atoms with Gasteiger partial charge in [-0.25, -0.2) is 0 Å². The number of hydrogen-bond acceptors (Lipinski definition) is 2. The van der Waals surface area contributed by atoms with Crippen LogP contribution in [0.5, 0.6) is 0 Å². The average Bonchev–Trinajstić information content (AvgIpc) is 2.88. The van der Waals surface area contributed by atoms with Crippen molar-refractivity contribution < 1.29 is 9.59 Å². The Morgan fingerprint density at radius 1 is 1.14 bits per heavy atom. The summed E-state index contributed by atoms with van der Waals surface area (Å²) in [5.41, 5.74) is 0.0802. The fourth-order valence-electron chi connectivity index (χ4n) is 2.03. The highest BCUT2D eigenvalue weighted by Crippen LogP contribution is 2.64. The van der Waals surface area contributed by atoms with E-state index in [-0.39, 0.29) is 17.4 Å². The van der Waals surface area contributed by atoms with E-state index in [1.54, 1.807) is 31.2 Å². The molecule has 22 heavy (non-hydrogen) atoms. The van der Waals surface area contributed by atoms with Crippen LogP contribution in [0.25, 0.3) is 0 Å². The quantitative estimate of drug-likeness (QED) is 0.822. The van der Waals surface area contributed by atoms with Crippen molar-refractivity contribution in [3.8, 4) is 0 Å². The van der Waals surface area contributed by atoms with Crippen LogP contribution in [-0.2, 0) is 4.79 Å². The molecule has 0 saturated heterocycles. The summed E-state index contributed by atoms with van der Waals surface area (Å²) < 4.78 is -0.996. The largest absolute Gasteiger partial charge is 0.347 e. The second kappa shape index (κ2) is 5.43. The van der Waals surface area contributed by atoms with E-state index in [1.807, 2.05) is 20.8 Å². The first-order chi connectivity index (χ1) is 9.95. The van der Waals surface area contributed by atoms with Crippen LogP contribution < -0.4 is 10.6 Å². The number of anilines is 1. The molecule has 0 heterocycles. The Kier molecular flexibility index (Phi) is 4.22. The maximum absolute atomic E-state index is 12.2. The lowest BCUT2D eigenvalue weighted by Crippen LogP contribution is -2.40. The molecule has 1 unspecified atom stereocenters. The molecule has 1 aromatic carbocycles. The number of alkyl halides is 2. The number of carbonyl (C=O) groups excluding carboxylic acids is 2. The zero-order valence-corrected chi connectivity index (χ0v) is 14.6. The van der Waals surface area contributed by atoms with Gasteiger partial charge >= 0.3 is 0 Å². The molecular weight excluding hydrogens is 323 g/mol. The number of rotatable bonds is 3. The molecule has 2 rings (SSSR count). The standard InChI is InChI=1S/C16H20Cl2N2O2/c1-14(2,3)20-12(21)10-5-7-11(8-6-10)19-13(22)15(4)9-16(15,17)18/h5-8H,9H2,1-4H3,(H,19,22)(H,20,21). The van der Waals surface area contributed by atoms with E-state index >= 15 is 0 Å². The van der Waals surface area contributed by atoms with E-state index in [1.165, 1.54) is 0 Å². The Labute approximate surface area is 140 Å². The molecule has 1 saturated carbocycles. The summed E-state index contributed by atoms with van der Waals surface area (Å²) in [6.45, 7) is 7.48. The van der Waals surface area contributed by atoms with Crippen LogP contribution >= 0.6 is 23.2 Å². The molecule has 1 atom stereocenters. The van der Waals surface area contributed by atoms with Gasteiger partial charge in [0.25, 0.3) is 5.91 Å². The summed E-state index contributed by atoms with van der Waals surface area (Å²) in [4.78, 5) is 24.2. The number of benzene rings is 1. The third-order valence-electron chi connectivity index (χ3n) is 3.65. The second-order valence-electron chi connectivity index (χ2n) is 6.95. The van der Waals surface area contributed by atoms with E-state index in [0.717, 1.165) is 0 Å². The number of amides is 2. The summed E-state index contributed by atoms with van der Waals surface area (Å²) in [6.07, 6.45) is 0.432. The Balaban J connectivity index is 2.01. The fourth-order valence-corrected chi connectivity index (χ4v) is 2.74. The summed E-state index contributed by atoms with van der Waals surface area (Å²) in [7, 11) is 0. The molecule has 0 aromatic heterocycles. The van der Waals surface area contributed by atoms with Crippen LogP contribution in [0.15, 0.2) is 24.3 Å². The summed E-state index contributed by atoms with van der Waals surface area (Å²) >= 11 is 12.0. The number of halogens is 2. The molecule has 2 amide bonds. The molecule has 1 fully saturated rings. The molecule has 2 N–H and O–H groups in total. The van der Waals surface area contributed by atoms with E-state index in [4.69, 9.17) is 23.2 Å². The van der Waals surface area contributed by atoms with Crippen molar-refractivity contribution >= 4 is 40.7 Å². The SMILES string of the molecule is CC(C)(C)NC(=O)c1ccc(NC(=O)C2(C)CC2(Cl)Cl)cc1. The third-order valence-corrected chi connectivity index (χ3v) is 4.75. The van der Waals surface area contributed by atoms with Gasteiger partial charge in [0.15, 0.2) is 0 Å². The van der Waals surface area contributed by atoms with Crippen molar-refractivity contribution in [1.29, 1.82) is 0 Å². The van der Waals surface area contributed by atoms with Crippen molar-refractivity contribution in [2.45, 2.75) is 44.0 Å².